The number of rotatable bonds is 8. The van der Waals surface area contributed by atoms with E-state index in [0.717, 1.165) is 6.42 Å². The van der Waals surface area contributed by atoms with Crippen molar-refractivity contribution < 1.29 is 14.2 Å². The van der Waals surface area contributed by atoms with Gasteiger partial charge in [-0.05, 0) is 36.6 Å². The van der Waals surface area contributed by atoms with Crippen molar-refractivity contribution in [1.29, 1.82) is 0 Å². The Morgan fingerprint density at radius 3 is 2.68 bits per heavy atom. The lowest BCUT2D eigenvalue weighted by atomic mass is 9.97. The molecule has 2 unspecified atom stereocenters. The van der Waals surface area contributed by atoms with Gasteiger partial charge in [-0.3, -0.25) is 0 Å². The number of ether oxygens (including phenoxy) is 1. The molecule has 104 valence electrons. The van der Waals surface area contributed by atoms with E-state index in [2.05, 4.69) is 12.3 Å². The van der Waals surface area contributed by atoms with Crippen molar-refractivity contribution in [1.82, 2.24) is 0 Å². The molecule has 0 spiro atoms. The summed E-state index contributed by atoms with van der Waals surface area (Å²) in [7, 11) is 0. The molecule has 1 rings (SSSR count). The van der Waals surface area contributed by atoms with Crippen LogP contribution < -0.4 is 0 Å². The van der Waals surface area contributed by atoms with Crippen molar-refractivity contribution in [3.63, 3.8) is 0 Å². The SMILES string of the molecule is C=C=CC(COCCC)CC(O)c1ccc(F)cc1. The molecule has 3 heteroatoms. The molecule has 0 saturated carbocycles. The van der Waals surface area contributed by atoms with Crippen LogP contribution in [0.3, 0.4) is 0 Å². The Morgan fingerprint density at radius 2 is 2.11 bits per heavy atom. The van der Waals surface area contributed by atoms with Gasteiger partial charge in [-0.2, -0.15) is 0 Å². The number of aliphatic hydroxyl groups excluding tert-OH is 1. The molecule has 0 aliphatic rings. The van der Waals surface area contributed by atoms with E-state index in [1.807, 2.05) is 13.0 Å². The number of hydrogen-bond donors (Lipinski definition) is 1. The maximum absolute atomic E-state index is 12.8. The largest absolute Gasteiger partial charge is 0.388 e. The summed E-state index contributed by atoms with van der Waals surface area (Å²) >= 11 is 0. The van der Waals surface area contributed by atoms with Crippen LogP contribution in [0.2, 0.25) is 0 Å². The molecule has 0 fully saturated rings. The third-order valence-corrected chi connectivity index (χ3v) is 2.81. The van der Waals surface area contributed by atoms with Crippen LogP contribution in [0, 0.1) is 11.7 Å². The lowest BCUT2D eigenvalue weighted by molar-refractivity contribution is 0.0830. The van der Waals surface area contributed by atoms with Crippen molar-refractivity contribution in [3.8, 4) is 0 Å². The lowest BCUT2D eigenvalue weighted by Gasteiger charge is -2.17. The molecule has 0 radical (unpaired) electrons. The van der Waals surface area contributed by atoms with Gasteiger partial charge in [0.15, 0.2) is 0 Å². The highest BCUT2D eigenvalue weighted by molar-refractivity contribution is 5.18. The second kappa shape index (κ2) is 8.65. The van der Waals surface area contributed by atoms with Crippen molar-refractivity contribution in [2.75, 3.05) is 13.2 Å². The predicted octanol–water partition coefficient (Wildman–Crippen LogP) is 3.63. The summed E-state index contributed by atoms with van der Waals surface area (Å²) < 4.78 is 18.3. The maximum atomic E-state index is 12.8. The molecule has 1 N–H and O–H groups in total. The van der Waals surface area contributed by atoms with E-state index in [9.17, 15) is 9.50 Å². The first-order valence-electron chi connectivity index (χ1n) is 6.54. The molecule has 2 nitrogen and oxygen atoms in total. The summed E-state index contributed by atoms with van der Waals surface area (Å²) in [5, 5.41) is 10.1. The van der Waals surface area contributed by atoms with Crippen molar-refractivity contribution in [2.24, 2.45) is 5.92 Å². The molecule has 0 amide bonds. The smallest absolute Gasteiger partial charge is 0.123 e. The second-order valence-corrected chi connectivity index (χ2v) is 4.51. The van der Waals surface area contributed by atoms with Crippen LogP contribution in [0.25, 0.3) is 0 Å². The minimum absolute atomic E-state index is 0.0594. The monoisotopic (exact) mass is 264 g/mol. The molecule has 0 saturated heterocycles. The van der Waals surface area contributed by atoms with Gasteiger partial charge in [0.1, 0.15) is 5.82 Å². The number of halogens is 1. The van der Waals surface area contributed by atoms with Crippen molar-refractivity contribution in [2.45, 2.75) is 25.9 Å². The van der Waals surface area contributed by atoms with Gasteiger partial charge in [-0.1, -0.05) is 25.6 Å². The van der Waals surface area contributed by atoms with Gasteiger partial charge in [0, 0.05) is 12.5 Å². The van der Waals surface area contributed by atoms with Crippen LogP contribution in [0.5, 0.6) is 0 Å². The maximum Gasteiger partial charge on any atom is 0.123 e. The van der Waals surface area contributed by atoms with E-state index in [0.29, 0.717) is 25.2 Å². The molecule has 0 aliphatic heterocycles. The van der Waals surface area contributed by atoms with E-state index in [-0.39, 0.29) is 11.7 Å². The summed E-state index contributed by atoms with van der Waals surface area (Å²) in [4.78, 5) is 0. The summed E-state index contributed by atoms with van der Waals surface area (Å²) in [5.41, 5.74) is 3.44. The summed E-state index contributed by atoms with van der Waals surface area (Å²) in [6, 6.07) is 5.90. The van der Waals surface area contributed by atoms with Gasteiger partial charge in [-0.15, -0.1) is 5.73 Å². The van der Waals surface area contributed by atoms with E-state index < -0.39 is 6.10 Å². The molecule has 0 aliphatic carbocycles. The van der Waals surface area contributed by atoms with E-state index >= 15 is 0 Å². The minimum atomic E-state index is -0.638. The van der Waals surface area contributed by atoms with E-state index in [1.54, 1.807) is 12.1 Å². The number of aliphatic hydroxyl groups is 1. The fourth-order valence-corrected chi connectivity index (χ4v) is 1.84. The quantitative estimate of drug-likeness (QED) is 0.574. The van der Waals surface area contributed by atoms with Crippen LogP contribution in [0.15, 0.2) is 42.7 Å². The van der Waals surface area contributed by atoms with Gasteiger partial charge in [-0.25, -0.2) is 4.39 Å². The first-order valence-corrected chi connectivity index (χ1v) is 6.54. The fraction of sp³-hybridized carbons (Fsp3) is 0.438. The van der Waals surface area contributed by atoms with Gasteiger partial charge in [0.25, 0.3) is 0 Å². The number of hydrogen-bond acceptors (Lipinski definition) is 2. The Balaban J connectivity index is 2.57. The minimum Gasteiger partial charge on any atom is -0.388 e. The third kappa shape index (κ3) is 5.84. The third-order valence-electron chi connectivity index (χ3n) is 2.81. The second-order valence-electron chi connectivity index (χ2n) is 4.51. The van der Waals surface area contributed by atoms with E-state index in [1.165, 1.54) is 12.1 Å². The first-order chi connectivity index (χ1) is 9.17. The summed E-state index contributed by atoms with van der Waals surface area (Å²) in [5.74, 6) is -0.242. The zero-order chi connectivity index (χ0) is 14.1. The van der Waals surface area contributed by atoms with Crippen LogP contribution in [0.4, 0.5) is 4.39 Å². The first kappa shape index (κ1) is 15.6. The van der Waals surface area contributed by atoms with Crippen molar-refractivity contribution in [3.05, 3.63) is 54.0 Å². The predicted molar refractivity (Wildman–Crippen MR) is 74.3 cm³/mol. The van der Waals surface area contributed by atoms with Gasteiger partial charge < -0.3 is 9.84 Å². The van der Waals surface area contributed by atoms with E-state index in [4.69, 9.17) is 4.74 Å². The Kier molecular flexibility index (Phi) is 7.12. The van der Waals surface area contributed by atoms with Gasteiger partial charge >= 0.3 is 0 Å². The van der Waals surface area contributed by atoms with Crippen LogP contribution in [-0.4, -0.2) is 18.3 Å². The number of benzene rings is 1. The molecule has 1 aromatic rings. The lowest BCUT2D eigenvalue weighted by Crippen LogP contribution is -2.12. The molecular formula is C16H21FO2. The standard InChI is InChI=1S/C16H21FO2/c1-3-5-13(12-19-10-4-2)11-16(18)14-6-8-15(17)9-7-14/h5-9,13,16,18H,1,4,10-12H2,2H3. The Morgan fingerprint density at radius 1 is 1.42 bits per heavy atom. The van der Waals surface area contributed by atoms with Crippen molar-refractivity contribution >= 4 is 0 Å². The van der Waals surface area contributed by atoms with Gasteiger partial charge in [0.2, 0.25) is 0 Å². The highest BCUT2D eigenvalue weighted by Crippen LogP contribution is 2.22. The highest BCUT2D eigenvalue weighted by Gasteiger charge is 2.14. The normalized spacial score (nSPS) is 13.6. The topological polar surface area (TPSA) is 29.5 Å². The highest BCUT2D eigenvalue weighted by atomic mass is 19.1. The Bertz CT molecular complexity index is 407. The molecule has 1 aromatic carbocycles. The molecule has 2 atom stereocenters. The van der Waals surface area contributed by atoms with Crippen LogP contribution >= 0.6 is 0 Å². The van der Waals surface area contributed by atoms with Crippen LogP contribution in [-0.2, 0) is 4.74 Å². The average molecular weight is 264 g/mol. The molecule has 0 bridgehead atoms. The Labute approximate surface area is 114 Å². The molecule has 0 heterocycles. The molecule has 19 heavy (non-hydrogen) atoms. The molecule has 0 aromatic heterocycles. The average Bonchev–Trinajstić information content (AvgIpc) is 2.40. The van der Waals surface area contributed by atoms with Crippen LogP contribution in [0.1, 0.15) is 31.4 Å². The summed E-state index contributed by atoms with van der Waals surface area (Å²) in [6.07, 6.45) is 2.64. The fourth-order valence-electron chi connectivity index (χ4n) is 1.84. The van der Waals surface area contributed by atoms with Gasteiger partial charge in [0.05, 0.1) is 12.7 Å². The zero-order valence-corrected chi connectivity index (χ0v) is 11.3. The molecular weight excluding hydrogens is 243 g/mol. The Hall–Kier alpha value is -1.41. The summed E-state index contributed by atoms with van der Waals surface area (Å²) in [6.45, 7) is 6.84. The zero-order valence-electron chi connectivity index (χ0n) is 11.3.